The number of rotatable bonds is 6. The Morgan fingerprint density at radius 2 is 2.00 bits per heavy atom. The number of Topliss-reactive ketones (excluding diaryl/α,β-unsaturated/α-hetero) is 1. The zero-order chi connectivity index (χ0) is 18.7. The molecule has 1 saturated heterocycles. The molecule has 0 spiro atoms. The van der Waals surface area contributed by atoms with Crippen LogP contribution in [0.1, 0.15) is 61.1 Å². The lowest BCUT2D eigenvalue weighted by Gasteiger charge is -2.41. The van der Waals surface area contributed by atoms with Crippen LogP contribution in [0.25, 0.3) is 0 Å². The van der Waals surface area contributed by atoms with Crippen molar-refractivity contribution in [3.8, 4) is 0 Å². The minimum atomic E-state index is -0.589. The molecule has 4 rings (SSSR count). The molecule has 27 heavy (non-hydrogen) atoms. The van der Waals surface area contributed by atoms with E-state index in [1.54, 1.807) is 11.3 Å². The van der Waals surface area contributed by atoms with Crippen LogP contribution in [-0.4, -0.2) is 22.3 Å². The number of nitrogens with zero attached hydrogens (tertiary/aromatic N) is 1. The number of hydrogen-bond acceptors (Lipinski definition) is 5. The lowest BCUT2D eigenvalue weighted by atomic mass is 9.76. The number of ether oxygens (including phenoxy) is 1. The number of aromatic nitrogens is 1. The summed E-state index contributed by atoms with van der Waals surface area (Å²) in [4.78, 5) is 28.6. The molecule has 1 aromatic carbocycles. The number of thiazole rings is 1. The Labute approximate surface area is 164 Å². The molecule has 2 aromatic rings. The predicted octanol–water partition coefficient (Wildman–Crippen LogP) is 4.50. The van der Waals surface area contributed by atoms with Crippen LogP contribution in [0, 0.1) is 5.92 Å². The largest absolute Gasteiger partial charge is 0.458 e. The molecule has 4 nitrogen and oxygen atoms in total. The Morgan fingerprint density at radius 1 is 1.19 bits per heavy atom. The van der Waals surface area contributed by atoms with E-state index in [1.807, 2.05) is 11.6 Å². The van der Waals surface area contributed by atoms with Crippen LogP contribution in [0.4, 0.5) is 0 Å². The maximum atomic E-state index is 12.2. The molecule has 1 aliphatic heterocycles. The van der Waals surface area contributed by atoms with Crippen LogP contribution in [0.15, 0.2) is 35.8 Å². The molecule has 1 atom stereocenters. The number of esters is 1. The normalized spacial score (nSPS) is 23.6. The molecular weight excluding hydrogens is 358 g/mol. The van der Waals surface area contributed by atoms with Crippen molar-refractivity contribution >= 4 is 23.1 Å². The second kappa shape index (κ2) is 7.93. The fourth-order valence-electron chi connectivity index (χ4n) is 4.65. The number of aryl methyl sites for hydroxylation is 1. The van der Waals surface area contributed by atoms with E-state index in [9.17, 15) is 9.59 Å². The zero-order valence-corrected chi connectivity index (χ0v) is 16.3. The molecule has 2 heterocycles. The third kappa shape index (κ3) is 4.29. The first kappa shape index (κ1) is 18.4. The van der Waals surface area contributed by atoms with Crippen molar-refractivity contribution in [1.29, 1.82) is 0 Å². The van der Waals surface area contributed by atoms with E-state index in [0.29, 0.717) is 12.3 Å². The van der Waals surface area contributed by atoms with Gasteiger partial charge in [-0.15, -0.1) is 11.3 Å². The maximum absolute atomic E-state index is 12.2. The number of carbonyl (C=O) groups is 2. The smallest absolute Gasteiger partial charge is 0.313 e. The van der Waals surface area contributed by atoms with Crippen molar-refractivity contribution in [2.24, 2.45) is 5.92 Å². The molecule has 1 saturated carbocycles. The minimum absolute atomic E-state index is 0.0377. The van der Waals surface area contributed by atoms with Gasteiger partial charge < -0.3 is 4.74 Å². The van der Waals surface area contributed by atoms with Crippen molar-refractivity contribution in [3.05, 3.63) is 52.0 Å². The summed E-state index contributed by atoms with van der Waals surface area (Å²) in [6.45, 7) is 0. The molecule has 5 heteroatoms. The lowest BCUT2D eigenvalue weighted by Crippen LogP contribution is -2.48. The quantitative estimate of drug-likeness (QED) is 0.544. The fraction of sp³-hybridized carbons (Fsp3) is 0.500. The van der Waals surface area contributed by atoms with E-state index in [2.05, 4.69) is 29.2 Å². The van der Waals surface area contributed by atoms with Crippen LogP contribution in [0.5, 0.6) is 0 Å². The van der Waals surface area contributed by atoms with Crippen molar-refractivity contribution < 1.29 is 14.3 Å². The minimum Gasteiger partial charge on any atom is -0.458 e. The lowest BCUT2D eigenvalue weighted by molar-refractivity contribution is -0.178. The average molecular weight is 384 g/mol. The highest BCUT2D eigenvalue weighted by atomic mass is 32.1. The maximum Gasteiger partial charge on any atom is 0.313 e. The summed E-state index contributed by atoms with van der Waals surface area (Å²) in [6, 6.07) is 8.55. The van der Waals surface area contributed by atoms with E-state index in [1.165, 1.54) is 24.0 Å². The summed E-state index contributed by atoms with van der Waals surface area (Å²) in [7, 11) is 0. The van der Waals surface area contributed by atoms with Crippen LogP contribution < -0.4 is 0 Å². The number of benzene rings is 1. The Kier molecular flexibility index (Phi) is 5.39. The van der Waals surface area contributed by atoms with Gasteiger partial charge in [-0.05, 0) is 42.7 Å². The molecule has 142 valence electrons. The van der Waals surface area contributed by atoms with Gasteiger partial charge in [0.1, 0.15) is 17.8 Å². The number of cyclic esters (lactones) is 1. The van der Waals surface area contributed by atoms with Gasteiger partial charge in [-0.1, -0.05) is 37.1 Å². The molecule has 0 amide bonds. The topological polar surface area (TPSA) is 56.3 Å². The van der Waals surface area contributed by atoms with Crippen LogP contribution >= 0.6 is 11.3 Å². The second-order valence-electron chi connectivity index (χ2n) is 7.84. The summed E-state index contributed by atoms with van der Waals surface area (Å²) in [5.41, 5.74) is 1.89. The molecule has 1 aromatic heterocycles. The molecule has 0 radical (unpaired) electrons. The van der Waals surface area contributed by atoms with E-state index in [4.69, 9.17) is 4.74 Å². The zero-order valence-electron chi connectivity index (χ0n) is 15.5. The number of hydrogen-bond donors (Lipinski definition) is 0. The van der Waals surface area contributed by atoms with Crippen LogP contribution in [0.3, 0.4) is 0 Å². The molecular formula is C22H25NO3S. The monoisotopic (exact) mass is 383 g/mol. The van der Waals surface area contributed by atoms with Gasteiger partial charge >= 0.3 is 5.97 Å². The number of carbonyl (C=O) groups excluding carboxylic acids is 2. The van der Waals surface area contributed by atoms with Crippen molar-refractivity contribution in [3.63, 3.8) is 0 Å². The van der Waals surface area contributed by atoms with Gasteiger partial charge in [0.05, 0.1) is 5.01 Å². The van der Waals surface area contributed by atoms with Crippen molar-refractivity contribution in [2.45, 2.75) is 63.4 Å². The van der Waals surface area contributed by atoms with Crippen LogP contribution in [0.2, 0.25) is 0 Å². The molecule has 1 unspecified atom stereocenters. The van der Waals surface area contributed by atoms with E-state index >= 15 is 0 Å². The van der Waals surface area contributed by atoms with E-state index in [-0.39, 0.29) is 18.2 Å². The summed E-state index contributed by atoms with van der Waals surface area (Å²) in [5, 5.41) is 3.11. The first-order chi connectivity index (χ1) is 13.1. The summed E-state index contributed by atoms with van der Waals surface area (Å²) in [6.07, 6.45) is 9.02. The Hall–Kier alpha value is -2.01. The van der Waals surface area contributed by atoms with Gasteiger partial charge in [0.2, 0.25) is 0 Å². The van der Waals surface area contributed by atoms with Gasteiger partial charge in [0, 0.05) is 24.4 Å². The van der Waals surface area contributed by atoms with Gasteiger partial charge in [-0.3, -0.25) is 9.59 Å². The highest BCUT2D eigenvalue weighted by molar-refractivity contribution is 7.09. The summed E-state index contributed by atoms with van der Waals surface area (Å²) < 4.78 is 5.90. The second-order valence-corrected chi connectivity index (χ2v) is 8.81. The average Bonchev–Trinajstić information content (AvgIpc) is 3.34. The van der Waals surface area contributed by atoms with Gasteiger partial charge in [0.25, 0.3) is 0 Å². The Morgan fingerprint density at radius 3 is 2.74 bits per heavy atom. The first-order valence-electron chi connectivity index (χ1n) is 9.83. The highest BCUT2D eigenvalue weighted by Crippen LogP contribution is 2.43. The molecule has 0 bridgehead atoms. The van der Waals surface area contributed by atoms with Crippen molar-refractivity contribution in [2.75, 3.05) is 0 Å². The molecule has 2 fully saturated rings. The molecule has 0 N–H and O–H groups in total. The van der Waals surface area contributed by atoms with E-state index < -0.39 is 5.60 Å². The molecule has 1 aliphatic carbocycles. The van der Waals surface area contributed by atoms with Gasteiger partial charge in [-0.2, -0.15) is 0 Å². The van der Waals surface area contributed by atoms with E-state index in [0.717, 1.165) is 37.1 Å². The third-order valence-electron chi connectivity index (χ3n) is 5.92. The standard InChI is InChI=1S/C22H25NO3S/c24-19-14-21(25)26-22(15-19,18-6-1-2-7-18)9-8-16-4-3-5-17(12-16)13-20-23-10-11-27-20/h3-5,10-12,18H,1-2,6-9,13-15H2. The Balaban J connectivity index is 1.49. The number of ketones is 1. The van der Waals surface area contributed by atoms with Crippen LogP contribution in [-0.2, 0) is 27.2 Å². The SMILES string of the molecule is O=C1CC(=O)OC(CCc2cccc(Cc3nccs3)c2)(C2CCCC2)C1. The predicted molar refractivity (Wildman–Crippen MR) is 105 cm³/mol. The first-order valence-corrected chi connectivity index (χ1v) is 10.7. The summed E-state index contributed by atoms with van der Waals surface area (Å²) >= 11 is 1.67. The third-order valence-corrected chi connectivity index (χ3v) is 6.70. The summed E-state index contributed by atoms with van der Waals surface area (Å²) in [5.74, 6) is 0.0237. The Bertz CT molecular complexity index is 793. The highest BCUT2D eigenvalue weighted by Gasteiger charge is 2.47. The van der Waals surface area contributed by atoms with Gasteiger partial charge in [-0.25, -0.2) is 4.98 Å². The van der Waals surface area contributed by atoms with Gasteiger partial charge in [0.15, 0.2) is 0 Å². The fourth-order valence-corrected chi connectivity index (χ4v) is 5.30. The van der Waals surface area contributed by atoms with Crippen molar-refractivity contribution in [1.82, 2.24) is 4.98 Å². The molecule has 2 aliphatic rings.